The standard InChI is InChI=1S/C14H24N2O2S/c1-10(4-6-12-7-5-11(2)18-12)16-14(17)13(15)8-9-19-3/h5,7,10,13H,4,6,8-9,15H2,1-3H3,(H,16,17). The van der Waals surface area contributed by atoms with E-state index >= 15 is 0 Å². The van der Waals surface area contributed by atoms with Crippen molar-refractivity contribution in [2.45, 2.75) is 45.2 Å². The quantitative estimate of drug-likeness (QED) is 0.767. The zero-order valence-corrected chi connectivity index (χ0v) is 12.8. The molecule has 19 heavy (non-hydrogen) atoms. The molecule has 2 atom stereocenters. The van der Waals surface area contributed by atoms with Crippen molar-refractivity contribution in [3.8, 4) is 0 Å². The molecule has 0 radical (unpaired) electrons. The predicted octanol–water partition coefficient (Wildman–Crippen LogP) is 2.11. The van der Waals surface area contributed by atoms with Gasteiger partial charge in [-0.05, 0) is 50.8 Å². The van der Waals surface area contributed by atoms with Crippen molar-refractivity contribution < 1.29 is 9.21 Å². The van der Waals surface area contributed by atoms with Crippen molar-refractivity contribution >= 4 is 17.7 Å². The Hall–Kier alpha value is -0.940. The maximum absolute atomic E-state index is 11.8. The lowest BCUT2D eigenvalue weighted by atomic mass is 10.1. The second-order valence-corrected chi connectivity index (χ2v) is 5.83. The Bertz CT molecular complexity index is 393. The van der Waals surface area contributed by atoms with Crippen LogP contribution in [0.25, 0.3) is 0 Å². The molecule has 3 N–H and O–H groups in total. The van der Waals surface area contributed by atoms with Gasteiger partial charge in [0.25, 0.3) is 0 Å². The topological polar surface area (TPSA) is 68.3 Å². The number of hydrogen-bond donors (Lipinski definition) is 2. The fourth-order valence-electron chi connectivity index (χ4n) is 1.78. The lowest BCUT2D eigenvalue weighted by Crippen LogP contribution is -2.44. The minimum absolute atomic E-state index is 0.0582. The average molecular weight is 284 g/mol. The monoisotopic (exact) mass is 284 g/mol. The van der Waals surface area contributed by atoms with E-state index in [2.05, 4.69) is 5.32 Å². The molecule has 0 bridgehead atoms. The molecule has 4 nitrogen and oxygen atoms in total. The lowest BCUT2D eigenvalue weighted by Gasteiger charge is -2.17. The number of nitrogens with one attached hydrogen (secondary N) is 1. The Balaban J connectivity index is 2.26. The van der Waals surface area contributed by atoms with Crippen LogP contribution in [0.3, 0.4) is 0 Å². The minimum Gasteiger partial charge on any atom is -0.466 e. The van der Waals surface area contributed by atoms with Crippen molar-refractivity contribution in [1.82, 2.24) is 5.32 Å². The minimum atomic E-state index is -0.402. The summed E-state index contributed by atoms with van der Waals surface area (Å²) in [4.78, 5) is 11.8. The highest BCUT2D eigenvalue weighted by Crippen LogP contribution is 2.10. The Labute approximate surface area is 119 Å². The van der Waals surface area contributed by atoms with E-state index in [1.54, 1.807) is 11.8 Å². The molecule has 0 fully saturated rings. The van der Waals surface area contributed by atoms with E-state index in [9.17, 15) is 4.79 Å². The van der Waals surface area contributed by atoms with Crippen molar-refractivity contribution in [2.75, 3.05) is 12.0 Å². The highest BCUT2D eigenvalue weighted by molar-refractivity contribution is 7.98. The number of thioether (sulfide) groups is 1. The molecule has 0 aliphatic heterocycles. The summed E-state index contributed by atoms with van der Waals surface area (Å²) in [5, 5.41) is 2.95. The van der Waals surface area contributed by atoms with Gasteiger partial charge < -0.3 is 15.5 Å². The predicted molar refractivity (Wildman–Crippen MR) is 80.3 cm³/mol. The second kappa shape index (κ2) is 8.27. The van der Waals surface area contributed by atoms with Crippen LogP contribution in [0.15, 0.2) is 16.5 Å². The first-order valence-electron chi connectivity index (χ1n) is 6.63. The molecule has 0 saturated heterocycles. The van der Waals surface area contributed by atoms with Gasteiger partial charge in [0.15, 0.2) is 0 Å². The van der Waals surface area contributed by atoms with Gasteiger partial charge in [-0.2, -0.15) is 11.8 Å². The zero-order valence-electron chi connectivity index (χ0n) is 11.9. The molecule has 0 aliphatic rings. The van der Waals surface area contributed by atoms with Gasteiger partial charge in [0.05, 0.1) is 6.04 Å². The van der Waals surface area contributed by atoms with E-state index in [0.717, 1.165) is 36.5 Å². The smallest absolute Gasteiger partial charge is 0.237 e. The highest BCUT2D eigenvalue weighted by Gasteiger charge is 2.15. The molecule has 1 heterocycles. The first-order chi connectivity index (χ1) is 9.02. The molecule has 2 unspecified atom stereocenters. The first kappa shape index (κ1) is 16.1. The fourth-order valence-corrected chi connectivity index (χ4v) is 2.27. The normalized spacial score (nSPS) is 14.1. The van der Waals surface area contributed by atoms with Crippen LogP contribution in [0.1, 0.15) is 31.3 Å². The summed E-state index contributed by atoms with van der Waals surface area (Å²) in [7, 11) is 0. The summed E-state index contributed by atoms with van der Waals surface area (Å²) < 4.78 is 5.50. The van der Waals surface area contributed by atoms with E-state index in [0.29, 0.717) is 0 Å². The summed E-state index contributed by atoms with van der Waals surface area (Å²) >= 11 is 1.70. The molecular weight excluding hydrogens is 260 g/mol. The third-order valence-electron chi connectivity index (χ3n) is 2.98. The van der Waals surface area contributed by atoms with Crippen molar-refractivity contribution in [1.29, 1.82) is 0 Å². The molecule has 0 spiro atoms. The maximum Gasteiger partial charge on any atom is 0.237 e. The van der Waals surface area contributed by atoms with Crippen LogP contribution in [0.2, 0.25) is 0 Å². The van der Waals surface area contributed by atoms with Crippen molar-refractivity contribution in [2.24, 2.45) is 5.73 Å². The SMILES string of the molecule is CSCCC(N)C(=O)NC(C)CCc1ccc(C)o1. The Morgan fingerprint density at radius 2 is 2.21 bits per heavy atom. The van der Waals surface area contributed by atoms with Gasteiger partial charge in [0, 0.05) is 12.5 Å². The number of carbonyl (C=O) groups is 1. The van der Waals surface area contributed by atoms with E-state index in [-0.39, 0.29) is 11.9 Å². The van der Waals surface area contributed by atoms with Crippen molar-refractivity contribution in [3.05, 3.63) is 23.7 Å². The third kappa shape index (κ3) is 6.16. The van der Waals surface area contributed by atoms with Crippen molar-refractivity contribution in [3.63, 3.8) is 0 Å². The molecule has 0 aromatic carbocycles. The second-order valence-electron chi connectivity index (χ2n) is 4.85. The van der Waals surface area contributed by atoms with Gasteiger partial charge in [0.1, 0.15) is 11.5 Å². The van der Waals surface area contributed by atoms with E-state index in [4.69, 9.17) is 10.2 Å². The van der Waals surface area contributed by atoms with Crippen LogP contribution in [0.4, 0.5) is 0 Å². The van der Waals surface area contributed by atoms with E-state index in [1.165, 1.54) is 0 Å². The number of aryl methyl sites for hydroxylation is 2. The molecular formula is C14H24N2O2S. The van der Waals surface area contributed by atoms with Crippen LogP contribution >= 0.6 is 11.8 Å². The molecule has 1 aromatic rings. The summed E-state index contributed by atoms with van der Waals surface area (Å²) in [6.07, 6.45) is 4.42. The van der Waals surface area contributed by atoms with Crippen LogP contribution in [0, 0.1) is 6.92 Å². The summed E-state index contributed by atoms with van der Waals surface area (Å²) in [5.41, 5.74) is 5.82. The zero-order chi connectivity index (χ0) is 14.3. The molecule has 0 saturated carbocycles. The number of furan rings is 1. The summed E-state index contributed by atoms with van der Waals surface area (Å²) in [6, 6.07) is 3.64. The number of hydrogen-bond acceptors (Lipinski definition) is 4. The van der Waals surface area contributed by atoms with Gasteiger partial charge in [-0.1, -0.05) is 0 Å². The van der Waals surface area contributed by atoms with E-state index < -0.39 is 6.04 Å². The largest absolute Gasteiger partial charge is 0.466 e. The van der Waals surface area contributed by atoms with Crippen LogP contribution in [-0.2, 0) is 11.2 Å². The number of amides is 1. The average Bonchev–Trinajstić information content (AvgIpc) is 2.79. The number of rotatable bonds is 8. The molecule has 1 aromatic heterocycles. The van der Waals surface area contributed by atoms with Gasteiger partial charge in [-0.3, -0.25) is 4.79 Å². The third-order valence-corrected chi connectivity index (χ3v) is 3.62. The molecule has 5 heteroatoms. The van der Waals surface area contributed by atoms with Crippen LogP contribution < -0.4 is 11.1 Å². The fraction of sp³-hybridized carbons (Fsp3) is 0.643. The molecule has 1 amide bonds. The summed E-state index contributed by atoms with van der Waals surface area (Å²) in [6.45, 7) is 3.93. The van der Waals surface area contributed by atoms with Gasteiger partial charge in [-0.25, -0.2) is 0 Å². The number of carbonyl (C=O) groups excluding carboxylic acids is 1. The highest BCUT2D eigenvalue weighted by atomic mass is 32.2. The van der Waals surface area contributed by atoms with Gasteiger partial charge in [0.2, 0.25) is 5.91 Å². The summed E-state index contributed by atoms with van der Waals surface area (Å²) in [5.74, 6) is 2.74. The van der Waals surface area contributed by atoms with Gasteiger partial charge >= 0.3 is 0 Å². The maximum atomic E-state index is 11.8. The Morgan fingerprint density at radius 3 is 2.79 bits per heavy atom. The first-order valence-corrected chi connectivity index (χ1v) is 8.02. The van der Waals surface area contributed by atoms with Crippen LogP contribution in [0.5, 0.6) is 0 Å². The van der Waals surface area contributed by atoms with Gasteiger partial charge in [-0.15, -0.1) is 0 Å². The lowest BCUT2D eigenvalue weighted by molar-refractivity contribution is -0.123. The van der Waals surface area contributed by atoms with Crippen LogP contribution in [-0.4, -0.2) is 30.0 Å². The molecule has 0 aliphatic carbocycles. The molecule has 1 rings (SSSR count). The molecule has 108 valence electrons. The Morgan fingerprint density at radius 1 is 1.47 bits per heavy atom. The van der Waals surface area contributed by atoms with E-state index in [1.807, 2.05) is 32.2 Å². The number of nitrogens with two attached hydrogens (primary N) is 1. The Kier molecular flexibility index (Phi) is 7.02.